The molecule has 0 unspecified atom stereocenters. The number of hydrogen-bond donors (Lipinski definition) is 2. The number of nitrogens with zero attached hydrogens (tertiary/aromatic N) is 4. The summed E-state index contributed by atoms with van der Waals surface area (Å²) in [5.41, 5.74) is 2.45. The summed E-state index contributed by atoms with van der Waals surface area (Å²) in [7, 11) is 0. The predicted octanol–water partition coefficient (Wildman–Crippen LogP) is 1.32. The topological polar surface area (TPSA) is 102 Å². The Kier molecular flexibility index (Phi) is 4.15. The summed E-state index contributed by atoms with van der Waals surface area (Å²) >= 11 is 0. The lowest BCUT2D eigenvalue weighted by atomic mass is 10.1. The largest absolute Gasteiger partial charge is 0.466 e. The Morgan fingerprint density at radius 3 is 2.81 bits per heavy atom. The van der Waals surface area contributed by atoms with E-state index in [1.54, 1.807) is 12.3 Å². The first kappa shape index (κ1) is 13.6. The van der Waals surface area contributed by atoms with Crippen LogP contribution in [0, 0.1) is 0 Å². The van der Waals surface area contributed by atoms with Crippen LogP contribution in [-0.4, -0.2) is 28.0 Å². The summed E-state index contributed by atoms with van der Waals surface area (Å²) in [6, 6.07) is 3.86. The fraction of sp³-hybridized carbons (Fsp3) is 0.462. The van der Waals surface area contributed by atoms with E-state index in [4.69, 9.17) is 15.0 Å². The van der Waals surface area contributed by atoms with Gasteiger partial charge in [-0.15, -0.1) is 0 Å². The highest BCUT2D eigenvalue weighted by Gasteiger charge is 2.16. The van der Waals surface area contributed by atoms with Crippen LogP contribution >= 0.6 is 0 Å². The van der Waals surface area contributed by atoms with Gasteiger partial charge >= 0.3 is 6.01 Å². The Balaban J connectivity index is 1.75. The Bertz CT molecular complexity index is 568. The van der Waals surface area contributed by atoms with Crippen molar-refractivity contribution in [1.29, 1.82) is 0 Å². The van der Waals surface area contributed by atoms with Crippen LogP contribution in [0.1, 0.15) is 25.0 Å². The highest BCUT2D eigenvalue weighted by Crippen LogP contribution is 2.19. The monoisotopic (exact) mass is 290 g/mol. The highest BCUT2D eigenvalue weighted by molar-refractivity contribution is 5.38. The molecule has 0 aromatic carbocycles. The molecular formula is C13H18N6O2. The number of nitrogens with two attached hydrogens (primary N) is 1. The van der Waals surface area contributed by atoms with Gasteiger partial charge in [-0.1, -0.05) is 0 Å². The molecule has 2 aromatic heterocycles. The lowest BCUT2D eigenvalue weighted by molar-refractivity contribution is 0.249. The molecule has 1 fully saturated rings. The minimum Gasteiger partial charge on any atom is -0.466 e. The number of nitrogen functional groups attached to an aromatic ring is 1. The first-order valence-electron chi connectivity index (χ1n) is 6.98. The van der Waals surface area contributed by atoms with Crippen molar-refractivity contribution in [2.24, 2.45) is 5.84 Å². The summed E-state index contributed by atoms with van der Waals surface area (Å²) in [6.45, 7) is 2.14. The highest BCUT2D eigenvalue weighted by atomic mass is 16.5. The molecule has 112 valence electrons. The maximum Gasteiger partial charge on any atom is 0.323 e. The first-order valence-corrected chi connectivity index (χ1v) is 6.98. The third-order valence-electron chi connectivity index (χ3n) is 3.29. The second-order valence-electron chi connectivity index (χ2n) is 4.80. The molecule has 0 aliphatic carbocycles. The maximum absolute atomic E-state index is 5.55. The minimum atomic E-state index is 0.231. The summed E-state index contributed by atoms with van der Waals surface area (Å²) in [5, 5.41) is 0. The van der Waals surface area contributed by atoms with Gasteiger partial charge in [-0.2, -0.15) is 15.0 Å². The summed E-state index contributed by atoms with van der Waals surface area (Å²) in [6.07, 6.45) is 5.11. The third-order valence-corrected chi connectivity index (χ3v) is 3.29. The van der Waals surface area contributed by atoms with E-state index in [0.29, 0.717) is 17.7 Å². The van der Waals surface area contributed by atoms with E-state index in [9.17, 15) is 0 Å². The number of hydrogen-bond acceptors (Lipinski definition) is 8. The Morgan fingerprint density at radius 2 is 2.10 bits per heavy atom. The van der Waals surface area contributed by atoms with E-state index in [1.807, 2.05) is 6.07 Å². The van der Waals surface area contributed by atoms with Crippen LogP contribution in [0.25, 0.3) is 0 Å². The minimum absolute atomic E-state index is 0.231. The van der Waals surface area contributed by atoms with E-state index in [-0.39, 0.29) is 12.6 Å². The first-order chi connectivity index (χ1) is 10.3. The molecule has 3 N–H and O–H groups in total. The summed E-state index contributed by atoms with van der Waals surface area (Å²) in [5.74, 6) is 7.00. The molecule has 0 bridgehead atoms. The molecule has 8 nitrogen and oxygen atoms in total. The molecule has 0 amide bonds. The quantitative estimate of drug-likeness (QED) is 0.628. The Hall–Kier alpha value is -2.35. The average Bonchev–Trinajstić information content (AvgIpc) is 3.07. The van der Waals surface area contributed by atoms with Gasteiger partial charge in [-0.3, -0.25) is 5.43 Å². The number of furan rings is 1. The van der Waals surface area contributed by atoms with Crippen molar-refractivity contribution >= 4 is 11.9 Å². The molecule has 0 saturated carbocycles. The zero-order valence-corrected chi connectivity index (χ0v) is 11.7. The maximum atomic E-state index is 5.55. The van der Waals surface area contributed by atoms with E-state index in [0.717, 1.165) is 25.9 Å². The fourth-order valence-electron chi connectivity index (χ4n) is 2.24. The number of nitrogens with one attached hydrogen (secondary N) is 1. The van der Waals surface area contributed by atoms with Crippen LogP contribution in [0.2, 0.25) is 0 Å². The lowest BCUT2D eigenvalue weighted by Crippen LogP contribution is -2.31. The number of piperidine rings is 1. The molecule has 0 atom stereocenters. The molecule has 1 saturated heterocycles. The van der Waals surface area contributed by atoms with Crippen molar-refractivity contribution in [2.45, 2.75) is 25.9 Å². The Labute approximate surface area is 122 Å². The second kappa shape index (κ2) is 6.40. The van der Waals surface area contributed by atoms with Crippen molar-refractivity contribution < 1.29 is 9.15 Å². The standard InChI is InChI=1S/C13H18N6O2/c14-18-11-15-12(19-6-2-1-3-7-19)17-13(16-11)21-9-10-5-4-8-20-10/h4-5,8H,1-3,6-7,9,14H2,(H,15,16,17,18). The molecule has 21 heavy (non-hydrogen) atoms. The summed E-state index contributed by atoms with van der Waals surface area (Å²) in [4.78, 5) is 14.8. The number of anilines is 2. The van der Waals surface area contributed by atoms with E-state index in [2.05, 4.69) is 25.3 Å². The van der Waals surface area contributed by atoms with Crippen molar-refractivity contribution in [1.82, 2.24) is 15.0 Å². The van der Waals surface area contributed by atoms with Gasteiger partial charge in [0, 0.05) is 13.1 Å². The van der Waals surface area contributed by atoms with Crippen LogP contribution in [0.3, 0.4) is 0 Å². The van der Waals surface area contributed by atoms with E-state index < -0.39 is 0 Å². The smallest absolute Gasteiger partial charge is 0.323 e. The van der Waals surface area contributed by atoms with Gasteiger partial charge < -0.3 is 14.1 Å². The van der Waals surface area contributed by atoms with Gasteiger partial charge in [-0.25, -0.2) is 5.84 Å². The van der Waals surface area contributed by atoms with Crippen molar-refractivity contribution in [3.8, 4) is 6.01 Å². The van der Waals surface area contributed by atoms with Gasteiger partial charge in [0.15, 0.2) is 0 Å². The second-order valence-corrected chi connectivity index (χ2v) is 4.80. The molecule has 1 aliphatic heterocycles. The third kappa shape index (κ3) is 3.40. The van der Waals surface area contributed by atoms with Crippen LogP contribution < -0.4 is 20.9 Å². The van der Waals surface area contributed by atoms with Crippen LogP contribution in [-0.2, 0) is 6.61 Å². The lowest BCUT2D eigenvalue weighted by Gasteiger charge is -2.26. The molecule has 0 radical (unpaired) electrons. The molecule has 3 heterocycles. The number of ether oxygens (including phenoxy) is 1. The SMILES string of the molecule is NNc1nc(OCc2ccco2)nc(N2CCCCC2)n1. The number of aromatic nitrogens is 3. The molecule has 0 spiro atoms. The normalized spacial score (nSPS) is 15.0. The molecule has 1 aliphatic rings. The van der Waals surface area contributed by atoms with E-state index >= 15 is 0 Å². The van der Waals surface area contributed by atoms with Crippen LogP contribution in [0.5, 0.6) is 6.01 Å². The zero-order valence-electron chi connectivity index (χ0n) is 11.7. The van der Waals surface area contributed by atoms with Crippen molar-refractivity contribution in [3.05, 3.63) is 24.2 Å². The van der Waals surface area contributed by atoms with Gasteiger partial charge in [0.2, 0.25) is 11.9 Å². The van der Waals surface area contributed by atoms with Gasteiger partial charge in [0.1, 0.15) is 12.4 Å². The molecule has 2 aromatic rings. The van der Waals surface area contributed by atoms with Crippen molar-refractivity contribution in [2.75, 3.05) is 23.4 Å². The zero-order chi connectivity index (χ0) is 14.5. The molecule has 8 heteroatoms. The fourth-order valence-corrected chi connectivity index (χ4v) is 2.24. The predicted molar refractivity (Wildman–Crippen MR) is 76.7 cm³/mol. The summed E-state index contributed by atoms with van der Waals surface area (Å²) < 4.78 is 10.8. The van der Waals surface area contributed by atoms with Crippen LogP contribution in [0.15, 0.2) is 22.8 Å². The Morgan fingerprint density at radius 1 is 1.24 bits per heavy atom. The number of hydrazine groups is 1. The van der Waals surface area contributed by atoms with E-state index in [1.165, 1.54) is 6.42 Å². The number of rotatable bonds is 5. The van der Waals surface area contributed by atoms with Gasteiger partial charge in [0.25, 0.3) is 0 Å². The average molecular weight is 290 g/mol. The van der Waals surface area contributed by atoms with Crippen LogP contribution in [0.4, 0.5) is 11.9 Å². The van der Waals surface area contributed by atoms with Crippen molar-refractivity contribution in [3.63, 3.8) is 0 Å². The van der Waals surface area contributed by atoms with Gasteiger partial charge in [0.05, 0.1) is 6.26 Å². The molecule has 3 rings (SSSR count). The molecular weight excluding hydrogens is 272 g/mol. The van der Waals surface area contributed by atoms with Gasteiger partial charge in [-0.05, 0) is 31.4 Å².